The molecule has 21 rings (SSSR count). The fourth-order valence-corrected chi connectivity index (χ4v) is 17.1. The normalized spacial score (nSPS) is 13.3. The number of hydrogen-bond acceptors (Lipinski definition) is 4. The second-order valence-electron chi connectivity index (χ2n) is 28.3. The van der Waals surface area contributed by atoms with Gasteiger partial charge in [0, 0.05) is 88.0 Å². The van der Waals surface area contributed by atoms with Gasteiger partial charge in [-0.15, -0.1) is 0 Å². The van der Waals surface area contributed by atoms with E-state index in [4.69, 9.17) is 8.83 Å². The van der Waals surface area contributed by atoms with Crippen LogP contribution in [0, 0.1) is 0 Å². The zero-order chi connectivity index (χ0) is 68.0. The lowest BCUT2D eigenvalue weighted by atomic mass is 9.82. The van der Waals surface area contributed by atoms with Gasteiger partial charge in [0.25, 0.3) is 0 Å². The Labute approximate surface area is 591 Å². The average Bonchev–Trinajstić information content (AvgIpc) is 1.56. The van der Waals surface area contributed by atoms with Crippen molar-refractivity contribution in [2.24, 2.45) is 0 Å². The zero-order valence-corrected chi connectivity index (χ0v) is 56.9. The van der Waals surface area contributed by atoms with Gasteiger partial charge in [-0.1, -0.05) is 240 Å². The van der Waals surface area contributed by atoms with Crippen molar-refractivity contribution >= 4 is 122 Å². The maximum atomic E-state index is 6.67. The number of para-hydroxylation sites is 8. The van der Waals surface area contributed by atoms with E-state index in [0.717, 1.165) is 83.7 Å². The first-order chi connectivity index (χ1) is 50.1. The lowest BCUT2D eigenvalue weighted by Gasteiger charge is -2.28. The van der Waals surface area contributed by atoms with Crippen molar-refractivity contribution in [3.05, 3.63) is 362 Å². The standard InChI is InChI=1S/C51H36N2O.C45H32N2O/c1-51(2)44-19-9-6-15-38(44)39-29-28-37(32-45(39)51)52(48-21-12-18-42-41-17-8-11-22-49(41)54-50(42)48)36-26-23-33(24-27-36)34-25-30-47-43(31-34)40-16-7-10-20-46(40)53(47)35-13-4-3-5-14-35;1-45(2)38-19-9-6-15-32(38)33-25-23-31(28-39(33)45)46(42-21-12-18-36-35-17-8-11-22-43(35)48-44(36)42)30-24-26-41-37(27-30)34-16-7-10-20-40(34)47(41)29-13-4-3-5-14-29/h3-32H,1-2H3;3-28H,1-2H3. The molecule has 6 heteroatoms. The maximum absolute atomic E-state index is 6.67. The molecule has 2 aliphatic rings. The molecular weight excluding hydrogens is 1240 g/mol. The average molecular weight is 1310 g/mol. The van der Waals surface area contributed by atoms with Gasteiger partial charge in [0.1, 0.15) is 11.2 Å². The van der Waals surface area contributed by atoms with E-state index in [-0.39, 0.29) is 10.8 Å². The first-order valence-electron chi connectivity index (χ1n) is 35.3. The van der Waals surface area contributed by atoms with Crippen LogP contribution in [-0.2, 0) is 10.8 Å². The topological polar surface area (TPSA) is 42.6 Å². The minimum atomic E-state index is -0.120. The van der Waals surface area contributed by atoms with E-state index in [2.05, 4.69) is 374 Å². The Balaban J connectivity index is 0.000000138. The van der Waals surface area contributed by atoms with Crippen molar-refractivity contribution in [2.45, 2.75) is 38.5 Å². The lowest BCUT2D eigenvalue weighted by Crippen LogP contribution is -2.16. The number of furan rings is 2. The highest BCUT2D eigenvalue weighted by molar-refractivity contribution is 6.15. The van der Waals surface area contributed by atoms with Crippen LogP contribution in [0.3, 0.4) is 0 Å². The Bertz CT molecular complexity index is 6580. The van der Waals surface area contributed by atoms with Crippen molar-refractivity contribution in [1.82, 2.24) is 9.13 Å². The molecule has 0 fully saturated rings. The molecule has 2 aliphatic carbocycles. The maximum Gasteiger partial charge on any atom is 0.159 e. The van der Waals surface area contributed by atoms with Crippen LogP contribution in [0.4, 0.5) is 34.1 Å². The summed E-state index contributed by atoms with van der Waals surface area (Å²) in [5, 5.41) is 9.41. The van der Waals surface area contributed by atoms with E-state index in [1.807, 2.05) is 12.1 Å². The van der Waals surface area contributed by atoms with Crippen molar-refractivity contribution in [3.63, 3.8) is 0 Å². The van der Waals surface area contributed by atoms with Crippen LogP contribution in [0.25, 0.3) is 132 Å². The molecular formula is C96H68N4O2. The summed E-state index contributed by atoms with van der Waals surface area (Å²) in [5.74, 6) is 0. The van der Waals surface area contributed by atoms with Crippen LogP contribution in [0.2, 0.25) is 0 Å². The second-order valence-corrected chi connectivity index (χ2v) is 28.3. The fourth-order valence-electron chi connectivity index (χ4n) is 17.1. The highest BCUT2D eigenvalue weighted by Gasteiger charge is 2.38. The van der Waals surface area contributed by atoms with Gasteiger partial charge in [-0.2, -0.15) is 0 Å². The molecule has 6 nitrogen and oxygen atoms in total. The third-order valence-electron chi connectivity index (χ3n) is 22.0. The first-order valence-corrected chi connectivity index (χ1v) is 35.3. The molecule has 0 unspecified atom stereocenters. The summed E-state index contributed by atoms with van der Waals surface area (Å²) in [6.07, 6.45) is 0. The van der Waals surface area contributed by atoms with Gasteiger partial charge in [0.15, 0.2) is 11.2 Å². The monoisotopic (exact) mass is 1310 g/mol. The van der Waals surface area contributed by atoms with E-state index < -0.39 is 0 Å². The molecule has 0 saturated heterocycles. The van der Waals surface area contributed by atoms with Gasteiger partial charge in [-0.05, 0) is 183 Å². The van der Waals surface area contributed by atoms with Gasteiger partial charge in [-0.3, -0.25) is 0 Å². The van der Waals surface area contributed by atoms with Crippen LogP contribution in [-0.4, -0.2) is 9.13 Å². The number of fused-ring (bicyclic) bond motifs is 18. The largest absolute Gasteiger partial charge is 0.454 e. The number of benzene rings is 15. The van der Waals surface area contributed by atoms with E-state index in [0.29, 0.717) is 0 Å². The molecule has 0 N–H and O–H groups in total. The molecule has 102 heavy (non-hydrogen) atoms. The first kappa shape index (κ1) is 59.2. The summed E-state index contributed by atoms with van der Waals surface area (Å²) in [6, 6.07) is 123. The number of rotatable bonds is 9. The molecule has 0 saturated carbocycles. The van der Waals surface area contributed by atoms with Crippen LogP contribution >= 0.6 is 0 Å². The Morgan fingerprint density at radius 3 is 1.13 bits per heavy atom. The minimum absolute atomic E-state index is 0.119. The summed E-state index contributed by atoms with van der Waals surface area (Å²) in [5.41, 5.74) is 29.8. The summed E-state index contributed by atoms with van der Waals surface area (Å²) in [6.45, 7) is 9.37. The van der Waals surface area contributed by atoms with Crippen molar-refractivity contribution in [1.29, 1.82) is 0 Å². The SMILES string of the molecule is CC1(C)c2ccccc2-c2ccc(N(c3ccc(-c4ccc5c(c4)c4ccccc4n5-c4ccccc4)cc3)c3cccc4c3oc3ccccc34)cc21.CC1(C)c2ccccc2-c2ccc(N(c3ccc4c(c3)c3ccccc3n4-c3ccccc3)c3cccc4c3oc3ccccc34)cc21. The third kappa shape index (κ3) is 9.05. The summed E-state index contributed by atoms with van der Waals surface area (Å²) in [4.78, 5) is 4.75. The lowest BCUT2D eigenvalue weighted by molar-refractivity contribution is 0.660. The predicted molar refractivity (Wildman–Crippen MR) is 426 cm³/mol. The van der Waals surface area contributed by atoms with Crippen molar-refractivity contribution in [3.8, 4) is 44.8 Å². The number of anilines is 6. The van der Waals surface area contributed by atoms with E-state index in [1.165, 1.54) is 105 Å². The van der Waals surface area contributed by atoms with Gasteiger partial charge in [-0.25, -0.2) is 0 Å². The van der Waals surface area contributed by atoms with Gasteiger partial charge in [0.05, 0.1) is 33.4 Å². The molecule has 484 valence electrons. The highest BCUT2D eigenvalue weighted by Crippen LogP contribution is 2.54. The summed E-state index contributed by atoms with van der Waals surface area (Å²) >= 11 is 0. The number of nitrogens with zero attached hydrogens (tertiary/aromatic N) is 4. The smallest absolute Gasteiger partial charge is 0.159 e. The Kier molecular flexibility index (Phi) is 13.2. The molecule has 4 heterocycles. The van der Waals surface area contributed by atoms with Gasteiger partial charge < -0.3 is 27.8 Å². The second kappa shape index (κ2) is 22.8. The molecule has 4 aromatic heterocycles. The van der Waals surface area contributed by atoms with Crippen LogP contribution < -0.4 is 9.80 Å². The van der Waals surface area contributed by atoms with Crippen molar-refractivity contribution < 1.29 is 8.83 Å². The van der Waals surface area contributed by atoms with E-state index >= 15 is 0 Å². The van der Waals surface area contributed by atoms with Crippen LogP contribution in [0.5, 0.6) is 0 Å². The summed E-state index contributed by atoms with van der Waals surface area (Å²) in [7, 11) is 0. The predicted octanol–water partition coefficient (Wildman–Crippen LogP) is 26.6. The third-order valence-corrected chi connectivity index (χ3v) is 22.0. The molecule has 0 spiro atoms. The molecule has 15 aromatic carbocycles. The van der Waals surface area contributed by atoms with E-state index in [9.17, 15) is 0 Å². The molecule has 19 aromatic rings. The minimum Gasteiger partial charge on any atom is -0.454 e. The highest BCUT2D eigenvalue weighted by atomic mass is 16.3. The van der Waals surface area contributed by atoms with E-state index in [1.54, 1.807) is 0 Å². The Morgan fingerprint density at radius 2 is 0.608 bits per heavy atom. The molecule has 0 aliphatic heterocycles. The molecule has 0 bridgehead atoms. The molecule has 0 atom stereocenters. The molecule has 0 radical (unpaired) electrons. The van der Waals surface area contributed by atoms with Crippen molar-refractivity contribution in [2.75, 3.05) is 9.80 Å². The zero-order valence-electron chi connectivity index (χ0n) is 56.9. The number of hydrogen-bond donors (Lipinski definition) is 0. The Morgan fingerprint density at radius 1 is 0.245 bits per heavy atom. The van der Waals surface area contributed by atoms with Crippen LogP contribution in [0.1, 0.15) is 49.9 Å². The Hall–Kier alpha value is -12.9. The summed E-state index contributed by atoms with van der Waals surface area (Å²) < 4.78 is 18.1. The fraction of sp³-hybridized carbons (Fsp3) is 0.0625. The van der Waals surface area contributed by atoms with Gasteiger partial charge >= 0.3 is 0 Å². The number of aromatic nitrogens is 2. The van der Waals surface area contributed by atoms with Crippen LogP contribution in [0.15, 0.2) is 349 Å². The van der Waals surface area contributed by atoms with Gasteiger partial charge in [0.2, 0.25) is 0 Å². The molecule has 0 amide bonds. The quantitative estimate of drug-likeness (QED) is 0.144.